The zero-order valence-electron chi connectivity index (χ0n) is 11.5. The van der Waals surface area contributed by atoms with Gasteiger partial charge in [0.15, 0.2) is 5.96 Å². The van der Waals surface area contributed by atoms with Crippen LogP contribution in [-0.2, 0) is 4.79 Å². The van der Waals surface area contributed by atoms with Gasteiger partial charge in [0.1, 0.15) is 11.5 Å². The second-order valence-electron chi connectivity index (χ2n) is 4.74. The molecule has 0 radical (unpaired) electrons. The number of nitrogens with two attached hydrogens (primary N) is 1. The molecule has 1 aromatic rings. The summed E-state index contributed by atoms with van der Waals surface area (Å²) >= 11 is 0. The number of guanidine groups is 1. The molecule has 1 fully saturated rings. The zero-order chi connectivity index (χ0) is 14.5. The molecule has 3 N–H and O–H groups in total. The van der Waals surface area contributed by atoms with E-state index in [2.05, 4.69) is 0 Å². The normalized spacial score (nSPS) is 15.8. The van der Waals surface area contributed by atoms with Crippen LogP contribution in [0.3, 0.4) is 0 Å². The highest BCUT2D eigenvalue weighted by atomic mass is 16.5. The fourth-order valence-electron chi connectivity index (χ4n) is 2.20. The van der Waals surface area contributed by atoms with Crippen molar-refractivity contribution in [1.82, 2.24) is 4.90 Å². The quantitative estimate of drug-likeness (QED) is 0.375. The van der Waals surface area contributed by atoms with Gasteiger partial charge in [-0.3, -0.25) is 10.2 Å². The molecule has 0 aliphatic carbocycles. The lowest BCUT2D eigenvalue weighted by Gasteiger charge is -2.30. The number of hydrogen-bond donors (Lipinski definition) is 2. The number of esters is 1. The van der Waals surface area contributed by atoms with Crippen LogP contribution in [0.4, 0.5) is 0 Å². The summed E-state index contributed by atoms with van der Waals surface area (Å²) in [6.07, 6.45) is 1.32. The first-order chi connectivity index (χ1) is 9.60. The number of carbonyl (C=O) groups is 1. The Labute approximate surface area is 118 Å². The standard InChI is InChI=1S/C14H19N3O3/c1-19-11-2-4-12(5-3-11)20-13(18)10-6-8-17(9-7-10)14(15)16/h2-5,10H,6-9H2,1H3,(H3,15,16). The lowest BCUT2D eigenvalue weighted by molar-refractivity contribution is -0.140. The van der Waals surface area contributed by atoms with Gasteiger partial charge >= 0.3 is 5.97 Å². The van der Waals surface area contributed by atoms with Crippen LogP contribution in [0, 0.1) is 11.3 Å². The van der Waals surface area contributed by atoms with Gasteiger partial charge in [0.2, 0.25) is 0 Å². The van der Waals surface area contributed by atoms with Crippen LogP contribution < -0.4 is 15.2 Å². The van der Waals surface area contributed by atoms with E-state index in [1.165, 1.54) is 0 Å². The molecule has 6 heteroatoms. The fourth-order valence-corrected chi connectivity index (χ4v) is 2.20. The lowest BCUT2D eigenvalue weighted by Crippen LogP contribution is -2.44. The van der Waals surface area contributed by atoms with Gasteiger partial charge in [-0.25, -0.2) is 0 Å². The molecule has 0 amide bonds. The molecule has 1 aliphatic heterocycles. The van der Waals surface area contributed by atoms with Crippen molar-refractivity contribution in [2.24, 2.45) is 11.7 Å². The fraction of sp³-hybridized carbons (Fsp3) is 0.429. The van der Waals surface area contributed by atoms with Crippen molar-refractivity contribution < 1.29 is 14.3 Å². The number of nitrogens with zero attached hydrogens (tertiary/aromatic N) is 1. The number of benzene rings is 1. The zero-order valence-corrected chi connectivity index (χ0v) is 11.5. The summed E-state index contributed by atoms with van der Waals surface area (Å²) < 4.78 is 10.4. The molecule has 0 atom stereocenters. The van der Waals surface area contributed by atoms with Crippen molar-refractivity contribution in [3.8, 4) is 11.5 Å². The van der Waals surface area contributed by atoms with Crippen molar-refractivity contribution >= 4 is 11.9 Å². The minimum Gasteiger partial charge on any atom is -0.497 e. The Kier molecular flexibility index (Phi) is 4.45. The van der Waals surface area contributed by atoms with Crippen LogP contribution in [0.2, 0.25) is 0 Å². The minimum absolute atomic E-state index is 0.0620. The second-order valence-corrected chi connectivity index (χ2v) is 4.74. The molecule has 0 bridgehead atoms. The Hall–Kier alpha value is -2.24. The Morgan fingerprint density at radius 3 is 2.30 bits per heavy atom. The van der Waals surface area contributed by atoms with E-state index in [4.69, 9.17) is 20.6 Å². The molecule has 2 rings (SSSR count). The topological polar surface area (TPSA) is 88.6 Å². The van der Waals surface area contributed by atoms with Gasteiger partial charge in [0, 0.05) is 13.1 Å². The minimum atomic E-state index is -0.224. The lowest BCUT2D eigenvalue weighted by atomic mass is 9.97. The van der Waals surface area contributed by atoms with Gasteiger partial charge in [0.05, 0.1) is 13.0 Å². The predicted molar refractivity (Wildman–Crippen MR) is 74.8 cm³/mol. The number of piperidine rings is 1. The molecule has 0 saturated carbocycles. The van der Waals surface area contributed by atoms with E-state index in [0.717, 1.165) is 5.75 Å². The number of nitrogens with one attached hydrogen (secondary N) is 1. The summed E-state index contributed by atoms with van der Waals surface area (Å²) in [5, 5.41) is 7.36. The molecule has 0 aromatic heterocycles. The highest BCUT2D eigenvalue weighted by Crippen LogP contribution is 2.22. The summed E-state index contributed by atoms with van der Waals surface area (Å²) in [6.45, 7) is 1.25. The van der Waals surface area contributed by atoms with Crippen molar-refractivity contribution in [2.45, 2.75) is 12.8 Å². The van der Waals surface area contributed by atoms with Gasteiger partial charge in [-0.2, -0.15) is 0 Å². The number of hydrogen-bond acceptors (Lipinski definition) is 4. The third kappa shape index (κ3) is 3.40. The van der Waals surface area contributed by atoms with Gasteiger partial charge in [-0.1, -0.05) is 0 Å². The van der Waals surface area contributed by atoms with Gasteiger partial charge in [-0.15, -0.1) is 0 Å². The highest BCUT2D eigenvalue weighted by Gasteiger charge is 2.27. The van der Waals surface area contributed by atoms with Crippen LogP contribution in [0.5, 0.6) is 11.5 Å². The van der Waals surface area contributed by atoms with Crippen LogP contribution in [0.25, 0.3) is 0 Å². The van der Waals surface area contributed by atoms with Crippen LogP contribution in [0.1, 0.15) is 12.8 Å². The highest BCUT2D eigenvalue weighted by molar-refractivity contribution is 5.77. The van der Waals surface area contributed by atoms with Crippen LogP contribution in [-0.4, -0.2) is 37.0 Å². The summed E-state index contributed by atoms with van der Waals surface area (Å²) in [6, 6.07) is 6.92. The molecule has 1 saturated heterocycles. The molecule has 20 heavy (non-hydrogen) atoms. The third-order valence-corrected chi connectivity index (χ3v) is 3.45. The Bertz CT molecular complexity index is 479. The Morgan fingerprint density at radius 1 is 1.25 bits per heavy atom. The summed E-state index contributed by atoms with van der Waals surface area (Å²) in [5.74, 6) is 0.947. The van der Waals surface area contributed by atoms with Crippen molar-refractivity contribution in [3.05, 3.63) is 24.3 Å². The SMILES string of the molecule is COc1ccc(OC(=O)C2CCN(C(=N)N)CC2)cc1. The Balaban J connectivity index is 1.87. The smallest absolute Gasteiger partial charge is 0.314 e. The molecular weight excluding hydrogens is 258 g/mol. The van der Waals surface area contributed by atoms with E-state index < -0.39 is 0 Å². The van der Waals surface area contributed by atoms with Gasteiger partial charge in [0.25, 0.3) is 0 Å². The first kappa shape index (κ1) is 14.2. The van der Waals surface area contributed by atoms with Crippen molar-refractivity contribution in [1.29, 1.82) is 5.41 Å². The number of carbonyl (C=O) groups excluding carboxylic acids is 1. The average molecular weight is 277 g/mol. The molecule has 0 spiro atoms. The van der Waals surface area contributed by atoms with E-state index >= 15 is 0 Å². The molecule has 6 nitrogen and oxygen atoms in total. The molecular formula is C14H19N3O3. The van der Waals surface area contributed by atoms with E-state index in [1.54, 1.807) is 36.3 Å². The molecule has 1 aromatic carbocycles. The number of methoxy groups -OCH3 is 1. The molecule has 1 aliphatic rings. The maximum Gasteiger partial charge on any atom is 0.314 e. The number of ether oxygens (including phenoxy) is 2. The van der Waals surface area contributed by atoms with E-state index in [0.29, 0.717) is 31.7 Å². The van der Waals surface area contributed by atoms with Crippen LogP contribution in [0.15, 0.2) is 24.3 Å². The first-order valence-electron chi connectivity index (χ1n) is 6.55. The van der Waals surface area contributed by atoms with Crippen molar-refractivity contribution in [2.75, 3.05) is 20.2 Å². The van der Waals surface area contributed by atoms with E-state index in [-0.39, 0.29) is 17.8 Å². The second kappa shape index (κ2) is 6.27. The predicted octanol–water partition coefficient (Wildman–Crippen LogP) is 1.21. The maximum atomic E-state index is 12.0. The van der Waals surface area contributed by atoms with Crippen molar-refractivity contribution in [3.63, 3.8) is 0 Å². The Morgan fingerprint density at radius 2 is 1.80 bits per heavy atom. The summed E-state index contributed by atoms with van der Waals surface area (Å²) in [5.41, 5.74) is 5.42. The third-order valence-electron chi connectivity index (χ3n) is 3.45. The van der Waals surface area contributed by atoms with E-state index in [1.807, 2.05) is 0 Å². The number of likely N-dealkylation sites (tertiary alicyclic amines) is 1. The van der Waals surface area contributed by atoms with E-state index in [9.17, 15) is 4.79 Å². The summed E-state index contributed by atoms with van der Waals surface area (Å²) in [4.78, 5) is 13.8. The van der Waals surface area contributed by atoms with Gasteiger partial charge < -0.3 is 20.1 Å². The molecule has 0 unspecified atom stereocenters. The first-order valence-corrected chi connectivity index (χ1v) is 6.55. The average Bonchev–Trinajstić information content (AvgIpc) is 2.48. The maximum absolute atomic E-state index is 12.0. The number of rotatable bonds is 3. The monoisotopic (exact) mass is 277 g/mol. The van der Waals surface area contributed by atoms with Crippen LogP contribution >= 0.6 is 0 Å². The largest absolute Gasteiger partial charge is 0.497 e. The molecule has 108 valence electrons. The summed E-state index contributed by atoms with van der Waals surface area (Å²) in [7, 11) is 1.59. The van der Waals surface area contributed by atoms with Gasteiger partial charge in [-0.05, 0) is 37.1 Å². The molecule has 1 heterocycles.